The lowest BCUT2D eigenvalue weighted by Crippen LogP contribution is -2.64. The average molecular weight is 422 g/mol. The Balaban J connectivity index is 1.58. The molecule has 0 radical (unpaired) electrons. The molecule has 1 saturated carbocycles. The van der Waals surface area contributed by atoms with Gasteiger partial charge in [0.15, 0.2) is 0 Å². The number of carbonyl (C=O) groups excluding carboxylic acids is 1. The van der Waals surface area contributed by atoms with Crippen LogP contribution in [0, 0.1) is 13.8 Å². The van der Waals surface area contributed by atoms with Crippen molar-refractivity contribution in [1.82, 2.24) is 10.3 Å². The van der Waals surface area contributed by atoms with Crippen LogP contribution in [-0.4, -0.2) is 34.1 Å². The van der Waals surface area contributed by atoms with Gasteiger partial charge in [-0.05, 0) is 32.0 Å². The summed E-state index contributed by atoms with van der Waals surface area (Å²) in [7, 11) is 0. The zero-order valence-electron chi connectivity index (χ0n) is 15.9. The number of nitrogens with one attached hydrogen (secondary N) is 1. The van der Waals surface area contributed by atoms with Crippen LogP contribution >= 0.6 is 11.3 Å². The summed E-state index contributed by atoms with van der Waals surface area (Å²) < 4.78 is 38.1. The van der Waals surface area contributed by atoms with Gasteiger partial charge < -0.3 is 19.6 Å². The molecule has 0 atom stereocenters. The predicted octanol–water partition coefficient (Wildman–Crippen LogP) is 3.98. The second-order valence-corrected chi connectivity index (χ2v) is 8.38. The van der Waals surface area contributed by atoms with E-state index in [0.29, 0.717) is 29.1 Å². The number of hydrogen-bond acceptors (Lipinski definition) is 6. The molecular formula is C20H20F2N2O4S. The number of furan rings is 1. The van der Waals surface area contributed by atoms with Crippen LogP contribution in [0.5, 0.6) is 5.75 Å². The molecule has 0 aliphatic heterocycles. The van der Waals surface area contributed by atoms with Crippen molar-refractivity contribution in [3.63, 3.8) is 0 Å². The van der Waals surface area contributed by atoms with Crippen molar-refractivity contribution >= 4 is 28.2 Å². The molecule has 9 heteroatoms. The Bertz CT molecular complexity index is 1070. The van der Waals surface area contributed by atoms with E-state index in [1.807, 2.05) is 6.92 Å². The number of amides is 1. The van der Waals surface area contributed by atoms with Crippen molar-refractivity contribution in [2.45, 2.75) is 44.8 Å². The van der Waals surface area contributed by atoms with E-state index >= 15 is 0 Å². The van der Waals surface area contributed by atoms with Crippen LogP contribution in [0.1, 0.15) is 39.5 Å². The fourth-order valence-electron chi connectivity index (χ4n) is 3.67. The van der Waals surface area contributed by atoms with E-state index in [1.165, 1.54) is 11.3 Å². The van der Waals surface area contributed by atoms with Crippen molar-refractivity contribution in [3.05, 3.63) is 45.6 Å². The molecule has 2 heterocycles. The maximum absolute atomic E-state index is 13.3. The molecule has 0 bridgehead atoms. The Labute approximate surface area is 169 Å². The molecule has 4 rings (SSSR count). The summed E-state index contributed by atoms with van der Waals surface area (Å²) in [5.74, 6) is -2.51. The number of alkyl halides is 2. The molecule has 2 N–H and O–H groups in total. The molecule has 1 aliphatic rings. The quantitative estimate of drug-likeness (QED) is 0.628. The monoisotopic (exact) mass is 422 g/mol. The van der Waals surface area contributed by atoms with Gasteiger partial charge in [-0.25, -0.2) is 13.8 Å². The third-order valence-corrected chi connectivity index (χ3v) is 6.06. The van der Waals surface area contributed by atoms with E-state index in [1.54, 1.807) is 30.6 Å². The molecule has 2 aromatic heterocycles. The minimum atomic E-state index is -2.88. The molecule has 3 aromatic rings. The van der Waals surface area contributed by atoms with Gasteiger partial charge in [0.1, 0.15) is 23.7 Å². The lowest BCUT2D eigenvalue weighted by Gasteiger charge is -2.46. The van der Waals surface area contributed by atoms with Crippen molar-refractivity contribution < 1.29 is 27.8 Å². The minimum absolute atomic E-state index is 0.252. The number of thiazole rings is 1. The number of benzene rings is 1. The second kappa shape index (κ2) is 7.07. The largest absolute Gasteiger partial charge is 0.488 e. The molecular weight excluding hydrogens is 402 g/mol. The first-order valence-electron chi connectivity index (χ1n) is 9.08. The molecule has 0 spiro atoms. The molecule has 29 heavy (non-hydrogen) atoms. The van der Waals surface area contributed by atoms with Crippen LogP contribution in [0.3, 0.4) is 0 Å². The molecule has 0 unspecified atom stereocenters. The Kier molecular flexibility index (Phi) is 4.82. The van der Waals surface area contributed by atoms with Crippen LogP contribution in [0.25, 0.3) is 11.0 Å². The molecule has 6 nitrogen and oxygen atoms in total. The van der Waals surface area contributed by atoms with Gasteiger partial charge in [0, 0.05) is 18.2 Å². The molecule has 154 valence electrons. The maximum atomic E-state index is 13.3. The molecule has 1 aliphatic carbocycles. The third-order valence-electron chi connectivity index (χ3n) is 5.15. The summed E-state index contributed by atoms with van der Waals surface area (Å²) in [5, 5.41) is 12.6. The number of carbonyl (C=O) groups is 1. The lowest BCUT2D eigenvalue weighted by atomic mass is 9.73. The summed E-state index contributed by atoms with van der Waals surface area (Å²) in [5.41, 5.74) is 2.09. The highest BCUT2D eigenvalue weighted by Gasteiger charge is 2.57. The van der Waals surface area contributed by atoms with Gasteiger partial charge in [0.25, 0.3) is 11.8 Å². The number of rotatable bonds is 6. The summed E-state index contributed by atoms with van der Waals surface area (Å²) in [4.78, 5) is 18.0. The van der Waals surface area contributed by atoms with Crippen LogP contribution in [0.15, 0.2) is 28.1 Å². The highest BCUT2D eigenvalue weighted by molar-refractivity contribution is 7.09. The first kappa shape index (κ1) is 19.8. The molecule has 0 saturated heterocycles. The van der Waals surface area contributed by atoms with Crippen molar-refractivity contribution in [3.8, 4) is 5.75 Å². The summed E-state index contributed by atoms with van der Waals surface area (Å²) in [6, 6.07) is 5.14. The van der Waals surface area contributed by atoms with E-state index in [2.05, 4.69) is 10.3 Å². The van der Waals surface area contributed by atoms with Gasteiger partial charge >= 0.3 is 0 Å². The fourth-order valence-corrected chi connectivity index (χ4v) is 4.35. The second-order valence-electron chi connectivity index (χ2n) is 7.44. The molecule has 1 aromatic carbocycles. The Morgan fingerprint density at radius 2 is 2.14 bits per heavy atom. The number of aliphatic hydroxyl groups is 1. The van der Waals surface area contributed by atoms with Crippen molar-refractivity contribution in [2.24, 2.45) is 0 Å². The minimum Gasteiger partial charge on any atom is -0.488 e. The van der Waals surface area contributed by atoms with Gasteiger partial charge in [-0.15, -0.1) is 11.3 Å². The number of aromatic nitrogens is 1. The highest BCUT2D eigenvalue weighted by atomic mass is 32.1. The van der Waals surface area contributed by atoms with Gasteiger partial charge in [-0.2, -0.15) is 0 Å². The van der Waals surface area contributed by atoms with E-state index in [0.717, 1.165) is 10.6 Å². The van der Waals surface area contributed by atoms with Crippen LogP contribution in [-0.2, 0) is 6.61 Å². The van der Waals surface area contributed by atoms with Gasteiger partial charge in [-0.3, -0.25) is 4.79 Å². The lowest BCUT2D eigenvalue weighted by molar-refractivity contribution is -0.143. The maximum Gasteiger partial charge on any atom is 0.255 e. The summed E-state index contributed by atoms with van der Waals surface area (Å²) >= 11 is 1.50. The fraction of sp³-hybridized carbons (Fsp3) is 0.400. The number of halogens is 2. The zero-order chi connectivity index (χ0) is 20.8. The number of aliphatic hydroxyl groups excluding tert-OH is 1. The Morgan fingerprint density at radius 3 is 2.76 bits per heavy atom. The SMILES string of the molecule is Cc1ncsc1COc1ccc2oc(C)c(C(=O)NC3(CO)CC(F)(F)C3)c2c1. The number of ether oxygens (including phenoxy) is 1. The highest BCUT2D eigenvalue weighted by Crippen LogP contribution is 2.45. The van der Waals surface area contributed by atoms with E-state index < -0.39 is 36.8 Å². The summed E-state index contributed by atoms with van der Waals surface area (Å²) in [6.45, 7) is 3.34. The number of aryl methyl sites for hydroxylation is 2. The standard InChI is InChI=1S/C20H20F2N2O4S/c1-11-16(29-10-23-11)6-27-13-3-4-15-14(5-13)17(12(2)28-15)18(26)24-19(9-25)7-20(21,22)8-19/h3-5,10,25H,6-9H2,1-2H3,(H,24,26). The molecule has 1 amide bonds. The summed E-state index contributed by atoms with van der Waals surface area (Å²) in [6.07, 6.45) is -1.17. The van der Waals surface area contributed by atoms with Crippen molar-refractivity contribution in [1.29, 1.82) is 0 Å². The first-order chi connectivity index (χ1) is 13.7. The van der Waals surface area contributed by atoms with Gasteiger partial charge in [0.2, 0.25) is 0 Å². The van der Waals surface area contributed by atoms with Crippen molar-refractivity contribution in [2.75, 3.05) is 6.61 Å². The van der Waals surface area contributed by atoms with E-state index in [4.69, 9.17) is 9.15 Å². The number of nitrogens with zero attached hydrogens (tertiary/aromatic N) is 1. The van der Waals surface area contributed by atoms with Crippen LogP contribution in [0.2, 0.25) is 0 Å². The average Bonchev–Trinajstić information content (AvgIpc) is 3.19. The topological polar surface area (TPSA) is 84.6 Å². The first-order valence-corrected chi connectivity index (χ1v) is 9.96. The van der Waals surface area contributed by atoms with Gasteiger partial charge in [0.05, 0.1) is 33.8 Å². The van der Waals surface area contributed by atoms with E-state index in [-0.39, 0.29) is 5.56 Å². The third kappa shape index (κ3) is 3.72. The predicted molar refractivity (Wildman–Crippen MR) is 104 cm³/mol. The Morgan fingerprint density at radius 1 is 1.38 bits per heavy atom. The van der Waals surface area contributed by atoms with Crippen LogP contribution < -0.4 is 10.1 Å². The zero-order valence-corrected chi connectivity index (χ0v) is 16.7. The number of fused-ring (bicyclic) bond motifs is 1. The number of hydrogen-bond donors (Lipinski definition) is 2. The van der Waals surface area contributed by atoms with Gasteiger partial charge in [-0.1, -0.05) is 0 Å². The van der Waals surface area contributed by atoms with E-state index in [9.17, 15) is 18.7 Å². The normalized spacial score (nSPS) is 17.1. The smallest absolute Gasteiger partial charge is 0.255 e. The Hall–Kier alpha value is -2.52. The van der Waals surface area contributed by atoms with Crippen LogP contribution in [0.4, 0.5) is 8.78 Å². The molecule has 1 fully saturated rings.